The Morgan fingerprint density at radius 1 is 1.26 bits per heavy atom. The Balaban J connectivity index is 1.79. The molecular formula is C14H11FN6S2. The van der Waals surface area contributed by atoms with E-state index in [1.165, 1.54) is 29.2 Å². The van der Waals surface area contributed by atoms with Gasteiger partial charge < -0.3 is 5.32 Å². The number of rotatable bonds is 3. The summed E-state index contributed by atoms with van der Waals surface area (Å²) in [6, 6.07) is 6.92. The fraction of sp³-hybridized carbons (Fsp3) is 0.143. The second-order valence-corrected chi connectivity index (χ2v) is 6.89. The van der Waals surface area contributed by atoms with Gasteiger partial charge in [0.15, 0.2) is 10.8 Å². The van der Waals surface area contributed by atoms with Gasteiger partial charge in [0, 0.05) is 13.1 Å². The summed E-state index contributed by atoms with van der Waals surface area (Å²) in [4.78, 5) is 4.78. The molecule has 4 aromatic rings. The molecule has 3 heterocycles. The fourth-order valence-corrected chi connectivity index (χ4v) is 3.88. The number of benzene rings is 1. The molecule has 0 amide bonds. The van der Waals surface area contributed by atoms with Gasteiger partial charge in [-0.2, -0.15) is 9.61 Å². The van der Waals surface area contributed by atoms with Crippen LogP contribution in [0.3, 0.4) is 0 Å². The molecule has 9 heteroatoms. The Labute approximate surface area is 138 Å². The van der Waals surface area contributed by atoms with Crippen molar-refractivity contribution in [2.24, 2.45) is 0 Å². The summed E-state index contributed by atoms with van der Waals surface area (Å²) in [6.07, 6.45) is 0. The van der Waals surface area contributed by atoms with Gasteiger partial charge in [0.2, 0.25) is 5.16 Å². The first-order valence-electron chi connectivity index (χ1n) is 6.79. The van der Waals surface area contributed by atoms with E-state index in [0.29, 0.717) is 21.2 Å². The van der Waals surface area contributed by atoms with E-state index in [0.717, 1.165) is 15.5 Å². The number of anilines is 1. The quantitative estimate of drug-likeness (QED) is 0.613. The first-order chi connectivity index (χ1) is 11.1. The molecule has 0 radical (unpaired) electrons. The number of thiazole rings is 1. The van der Waals surface area contributed by atoms with Gasteiger partial charge in [-0.15, -0.1) is 10.2 Å². The summed E-state index contributed by atoms with van der Waals surface area (Å²) in [7, 11) is 1.79. The zero-order valence-electron chi connectivity index (χ0n) is 12.2. The van der Waals surface area contributed by atoms with Crippen LogP contribution in [0, 0.1) is 12.7 Å². The van der Waals surface area contributed by atoms with Crippen molar-refractivity contribution in [3.05, 3.63) is 35.8 Å². The standard InChI is InChI=1S/C14H11FN6S2/c1-7-3-4-12-18-19-14(21(12)20-7)23-10-6-11-9(5-8(10)15)17-13(16-2)22-11/h3-6H,1-2H3,(H,16,17). The molecule has 116 valence electrons. The van der Waals surface area contributed by atoms with Crippen LogP contribution in [0.4, 0.5) is 9.52 Å². The highest BCUT2D eigenvalue weighted by molar-refractivity contribution is 7.99. The van der Waals surface area contributed by atoms with Crippen LogP contribution in [-0.4, -0.2) is 31.8 Å². The Kier molecular flexibility index (Phi) is 3.38. The maximum absolute atomic E-state index is 14.3. The maximum Gasteiger partial charge on any atom is 0.217 e. The summed E-state index contributed by atoms with van der Waals surface area (Å²) in [5.41, 5.74) is 2.12. The molecule has 0 spiro atoms. The van der Waals surface area contributed by atoms with Gasteiger partial charge in [-0.05, 0) is 36.9 Å². The van der Waals surface area contributed by atoms with Gasteiger partial charge in [0.05, 0.1) is 20.8 Å². The lowest BCUT2D eigenvalue weighted by Crippen LogP contribution is -1.95. The van der Waals surface area contributed by atoms with E-state index in [1.54, 1.807) is 17.6 Å². The van der Waals surface area contributed by atoms with Crippen LogP contribution in [0.15, 0.2) is 34.3 Å². The van der Waals surface area contributed by atoms with Gasteiger partial charge in [0.1, 0.15) is 5.82 Å². The summed E-state index contributed by atoms with van der Waals surface area (Å²) in [5, 5.41) is 16.8. The van der Waals surface area contributed by atoms with Crippen LogP contribution < -0.4 is 5.32 Å². The third kappa shape index (κ3) is 2.51. The van der Waals surface area contributed by atoms with E-state index < -0.39 is 0 Å². The molecule has 0 aliphatic carbocycles. The molecule has 0 saturated carbocycles. The van der Waals surface area contributed by atoms with Crippen molar-refractivity contribution in [2.45, 2.75) is 17.0 Å². The molecule has 0 saturated heterocycles. The number of nitrogens with one attached hydrogen (secondary N) is 1. The first-order valence-corrected chi connectivity index (χ1v) is 8.42. The van der Waals surface area contributed by atoms with Crippen LogP contribution >= 0.6 is 23.1 Å². The monoisotopic (exact) mass is 346 g/mol. The molecule has 0 atom stereocenters. The molecule has 0 aliphatic heterocycles. The Bertz CT molecular complexity index is 1020. The van der Waals surface area contributed by atoms with Crippen molar-refractivity contribution in [3.8, 4) is 0 Å². The number of halogens is 1. The third-order valence-electron chi connectivity index (χ3n) is 3.22. The molecule has 3 aromatic heterocycles. The molecular weight excluding hydrogens is 335 g/mol. The molecule has 23 heavy (non-hydrogen) atoms. The topological polar surface area (TPSA) is 68.0 Å². The van der Waals surface area contributed by atoms with Crippen molar-refractivity contribution >= 4 is 44.1 Å². The summed E-state index contributed by atoms with van der Waals surface area (Å²) < 4.78 is 16.9. The predicted molar refractivity (Wildman–Crippen MR) is 88.8 cm³/mol. The van der Waals surface area contributed by atoms with Crippen LogP contribution in [0.1, 0.15) is 5.69 Å². The van der Waals surface area contributed by atoms with E-state index in [-0.39, 0.29) is 5.82 Å². The number of aromatic nitrogens is 5. The lowest BCUT2D eigenvalue weighted by Gasteiger charge is -2.02. The second-order valence-electron chi connectivity index (χ2n) is 4.85. The van der Waals surface area contributed by atoms with E-state index in [4.69, 9.17) is 0 Å². The Morgan fingerprint density at radius 2 is 2.13 bits per heavy atom. The normalized spacial score (nSPS) is 11.4. The minimum Gasteiger partial charge on any atom is -0.365 e. The summed E-state index contributed by atoms with van der Waals surface area (Å²) >= 11 is 2.68. The number of hydrogen-bond acceptors (Lipinski definition) is 7. The van der Waals surface area contributed by atoms with Crippen LogP contribution in [0.25, 0.3) is 15.9 Å². The molecule has 0 fully saturated rings. The number of fused-ring (bicyclic) bond motifs is 2. The van der Waals surface area contributed by atoms with Crippen molar-refractivity contribution in [1.29, 1.82) is 0 Å². The zero-order valence-corrected chi connectivity index (χ0v) is 13.9. The smallest absolute Gasteiger partial charge is 0.217 e. The molecule has 0 aliphatic rings. The predicted octanol–water partition coefficient (Wildman–Crippen LogP) is 3.37. The van der Waals surface area contributed by atoms with Crippen molar-refractivity contribution in [3.63, 3.8) is 0 Å². The maximum atomic E-state index is 14.3. The molecule has 1 N–H and O–H groups in total. The largest absolute Gasteiger partial charge is 0.365 e. The van der Waals surface area contributed by atoms with Gasteiger partial charge in [0.25, 0.3) is 0 Å². The molecule has 0 unspecified atom stereocenters. The van der Waals surface area contributed by atoms with Crippen LogP contribution in [0.2, 0.25) is 0 Å². The van der Waals surface area contributed by atoms with Gasteiger partial charge in [-0.3, -0.25) is 0 Å². The second kappa shape index (κ2) is 5.43. The van der Waals surface area contributed by atoms with E-state index in [9.17, 15) is 4.39 Å². The lowest BCUT2D eigenvalue weighted by molar-refractivity contribution is 0.603. The zero-order chi connectivity index (χ0) is 16.0. The average Bonchev–Trinajstić information content (AvgIpc) is 3.11. The highest BCUT2D eigenvalue weighted by Gasteiger charge is 2.14. The van der Waals surface area contributed by atoms with Crippen molar-refractivity contribution < 1.29 is 4.39 Å². The number of nitrogens with zero attached hydrogens (tertiary/aromatic N) is 5. The Hall–Kier alpha value is -2.26. The summed E-state index contributed by atoms with van der Waals surface area (Å²) in [6.45, 7) is 1.89. The van der Waals surface area contributed by atoms with Crippen molar-refractivity contribution in [2.75, 3.05) is 12.4 Å². The van der Waals surface area contributed by atoms with Gasteiger partial charge in [-0.1, -0.05) is 11.3 Å². The average molecular weight is 346 g/mol. The molecule has 4 rings (SSSR count). The van der Waals surface area contributed by atoms with Crippen molar-refractivity contribution in [1.82, 2.24) is 24.8 Å². The van der Waals surface area contributed by atoms with Gasteiger partial charge >= 0.3 is 0 Å². The van der Waals surface area contributed by atoms with E-state index in [2.05, 4.69) is 25.6 Å². The highest BCUT2D eigenvalue weighted by Crippen LogP contribution is 2.34. The Morgan fingerprint density at radius 3 is 2.96 bits per heavy atom. The first kappa shape index (κ1) is 14.3. The minimum absolute atomic E-state index is 0.333. The van der Waals surface area contributed by atoms with Gasteiger partial charge in [-0.25, -0.2) is 9.37 Å². The number of hydrogen-bond donors (Lipinski definition) is 1. The molecule has 1 aromatic carbocycles. The van der Waals surface area contributed by atoms with E-state index in [1.807, 2.05) is 19.1 Å². The molecule has 6 nitrogen and oxygen atoms in total. The summed E-state index contributed by atoms with van der Waals surface area (Å²) in [5.74, 6) is -0.333. The van der Waals surface area contributed by atoms with E-state index >= 15 is 0 Å². The minimum atomic E-state index is -0.333. The highest BCUT2D eigenvalue weighted by atomic mass is 32.2. The lowest BCUT2D eigenvalue weighted by atomic mass is 10.3. The van der Waals surface area contributed by atoms with Crippen LogP contribution in [-0.2, 0) is 0 Å². The van der Waals surface area contributed by atoms with Crippen LogP contribution in [0.5, 0.6) is 0 Å². The SMILES string of the molecule is CNc1nc2cc(F)c(Sc3nnc4ccc(C)nn34)cc2s1. The number of aryl methyl sites for hydroxylation is 1. The third-order valence-corrected chi connectivity index (χ3v) is 5.23. The fourth-order valence-electron chi connectivity index (χ4n) is 2.14. The molecule has 0 bridgehead atoms.